The molecule has 32 heavy (non-hydrogen) atoms. The SMILES string of the molecule is COc1cc(OC)c(Cl)c(-c2cc3cnc(N)cc3c(NCCN3CCOCC3)n2)c1C. The molecule has 1 fully saturated rings. The van der Waals surface area contributed by atoms with Gasteiger partial charge in [0.2, 0.25) is 0 Å². The molecule has 8 nitrogen and oxygen atoms in total. The van der Waals surface area contributed by atoms with Gasteiger partial charge in [0.1, 0.15) is 23.1 Å². The molecule has 3 heterocycles. The van der Waals surface area contributed by atoms with E-state index < -0.39 is 0 Å². The van der Waals surface area contributed by atoms with Crippen LogP contribution in [0.3, 0.4) is 0 Å². The molecule has 0 saturated carbocycles. The van der Waals surface area contributed by atoms with Gasteiger partial charge in [0, 0.05) is 60.3 Å². The number of nitrogens with zero attached hydrogens (tertiary/aromatic N) is 3. The fraction of sp³-hybridized carbons (Fsp3) is 0.391. The van der Waals surface area contributed by atoms with Gasteiger partial charge in [-0.15, -0.1) is 0 Å². The quantitative estimate of drug-likeness (QED) is 0.555. The van der Waals surface area contributed by atoms with Crippen molar-refractivity contribution in [3.05, 3.63) is 35.0 Å². The van der Waals surface area contributed by atoms with Crippen LogP contribution in [-0.4, -0.2) is 68.5 Å². The number of fused-ring (bicyclic) bond motifs is 1. The molecule has 1 aromatic carbocycles. The van der Waals surface area contributed by atoms with Crippen LogP contribution in [0.15, 0.2) is 24.4 Å². The van der Waals surface area contributed by atoms with Crippen LogP contribution in [0.1, 0.15) is 5.56 Å². The summed E-state index contributed by atoms with van der Waals surface area (Å²) in [6, 6.07) is 5.58. The summed E-state index contributed by atoms with van der Waals surface area (Å²) >= 11 is 6.72. The molecule has 1 saturated heterocycles. The van der Waals surface area contributed by atoms with Crippen LogP contribution >= 0.6 is 11.6 Å². The topological polar surface area (TPSA) is 94.8 Å². The standard InChI is InChI=1S/C23H28ClN5O3/c1-14-18(30-2)12-19(31-3)22(24)21(14)17-10-15-13-27-20(25)11-16(15)23(28-17)26-4-5-29-6-8-32-9-7-29/h10-13H,4-9H2,1-3H3,(H2,25,27)(H,26,28). The molecule has 4 rings (SSSR count). The number of nitrogens with two attached hydrogens (primary N) is 1. The van der Waals surface area contributed by atoms with Gasteiger partial charge < -0.3 is 25.3 Å². The third kappa shape index (κ3) is 4.53. The van der Waals surface area contributed by atoms with Crippen molar-refractivity contribution in [2.24, 2.45) is 0 Å². The Hall–Kier alpha value is -2.81. The lowest BCUT2D eigenvalue weighted by atomic mass is 10.0. The summed E-state index contributed by atoms with van der Waals surface area (Å²) in [6.45, 7) is 7.00. The molecule has 3 aromatic rings. The Labute approximate surface area is 192 Å². The monoisotopic (exact) mass is 457 g/mol. The van der Waals surface area contributed by atoms with Crippen LogP contribution in [0.2, 0.25) is 5.02 Å². The minimum Gasteiger partial charge on any atom is -0.496 e. The largest absolute Gasteiger partial charge is 0.496 e. The average molecular weight is 458 g/mol. The Balaban J connectivity index is 1.75. The third-order valence-corrected chi connectivity index (χ3v) is 6.07. The maximum absolute atomic E-state index is 6.72. The second-order valence-corrected chi connectivity index (χ2v) is 8.04. The maximum atomic E-state index is 6.72. The highest BCUT2D eigenvalue weighted by atomic mass is 35.5. The maximum Gasteiger partial charge on any atom is 0.141 e. The number of nitrogen functional groups attached to an aromatic ring is 1. The first-order valence-electron chi connectivity index (χ1n) is 10.5. The lowest BCUT2D eigenvalue weighted by Gasteiger charge is -2.26. The van der Waals surface area contributed by atoms with E-state index in [9.17, 15) is 0 Å². The summed E-state index contributed by atoms with van der Waals surface area (Å²) in [6.07, 6.45) is 1.75. The molecule has 0 aliphatic carbocycles. The van der Waals surface area contributed by atoms with E-state index in [-0.39, 0.29) is 0 Å². The summed E-state index contributed by atoms with van der Waals surface area (Å²) in [4.78, 5) is 11.6. The molecule has 0 spiro atoms. The third-order valence-electron chi connectivity index (χ3n) is 5.70. The van der Waals surface area contributed by atoms with Crippen molar-refractivity contribution in [3.63, 3.8) is 0 Å². The van der Waals surface area contributed by atoms with E-state index in [4.69, 9.17) is 36.5 Å². The molecule has 1 aliphatic heterocycles. The molecule has 0 amide bonds. The van der Waals surface area contributed by atoms with Gasteiger partial charge in [-0.05, 0) is 19.1 Å². The van der Waals surface area contributed by atoms with Crippen molar-refractivity contribution >= 4 is 34.0 Å². The number of hydrogen-bond acceptors (Lipinski definition) is 8. The van der Waals surface area contributed by atoms with Crippen LogP contribution in [-0.2, 0) is 4.74 Å². The van der Waals surface area contributed by atoms with Crippen LogP contribution in [0.4, 0.5) is 11.6 Å². The highest BCUT2D eigenvalue weighted by Gasteiger charge is 2.20. The van der Waals surface area contributed by atoms with Gasteiger partial charge in [0.05, 0.1) is 38.1 Å². The van der Waals surface area contributed by atoms with E-state index >= 15 is 0 Å². The van der Waals surface area contributed by atoms with Crippen LogP contribution in [0, 0.1) is 6.92 Å². The Kier molecular flexibility index (Phi) is 6.83. The first-order valence-corrected chi connectivity index (χ1v) is 10.9. The van der Waals surface area contributed by atoms with Crippen molar-refractivity contribution in [2.45, 2.75) is 6.92 Å². The van der Waals surface area contributed by atoms with Crippen LogP contribution in [0.5, 0.6) is 11.5 Å². The van der Waals surface area contributed by atoms with Gasteiger partial charge in [0.15, 0.2) is 0 Å². The fourth-order valence-electron chi connectivity index (χ4n) is 3.95. The number of rotatable bonds is 7. The van der Waals surface area contributed by atoms with Gasteiger partial charge >= 0.3 is 0 Å². The molecule has 1 aliphatic rings. The molecular weight excluding hydrogens is 430 g/mol. The predicted octanol–water partition coefficient (Wildman–Crippen LogP) is 3.60. The Morgan fingerprint density at radius 3 is 2.62 bits per heavy atom. The van der Waals surface area contributed by atoms with E-state index in [2.05, 4.69) is 15.2 Å². The zero-order chi connectivity index (χ0) is 22.7. The average Bonchev–Trinajstić information content (AvgIpc) is 2.80. The van der Waals surface area contributed by atoms with Crippen molar-refractivity contribution in [1.29, 1.82) is 0 Å². The highest BCUT2D eigenvalue weighted by Crippen LogP contribution is 2.43. The lowest BCUT2D eigenvalue weighted by Crippen LogP contribution is -2.39. The lowest BCUT2D eigenvalue weighted by molar-refractivity contribution is 0.0398. The van der Waals surface area contributed by atoms with E-state index in [1.807, 2.05) is 19.1 Å². The molecule has 9 heteroatoms. The molecular formula is C23H28ClN5O3. The minimum absolute atomic E-state index is 0.445. The van der Waals surface area contributed by atoms with Crippen molar-refractivity contribution in [2.75, 3.05) is 64.7 Å². The summed E-state index contributed by atoms with van der Waals surface area (Å²) < 4.78 is 16.4. The predicted molar refractivity (Wildman–Crippen MR) is 128 cm³/mol. The Bertz CT molecular complexity index is 1090. The Morgan fingerprint density at radius 1 is 1.16 bits per heavy atom. The van der Waals surface area contributed by atoms with Gasteiger partial charge in [-0.25, -0.2) is 9.97 Å². The van der Waals surface area contributed by atoms with Gasteiger partial charge in [-0.1, -0.05) is 11.6 Å². The van der Waals surface area contributed by atoms with E-state index in [0.29, 0.717) is 28.0 Å². The van der Waals surface area contributed by atoms with Crippen molar-refractivity contribution in [1.82, 2.24) is 14.9 Å². The number of nitrogens with one attached hydrogen (secondary N) is 1. The summed E-state index contributed by atoms with van der Waals surface area (Å²) in [5.41, 5.74) is 8.32. The van der Waals surface area contributed by atoms with E-state index in [1.165, 1.54) is 0 Å². The normalized spacial score (nSPS) is 14.5. The highest BCUT2D eigenvalue weighted by molar-refractivity contribution is 6.35. The molecule has 0 bridgehead atoms. The first kappa shape index (κ1) is 22.4. The van der Waals surface area contributed by atoms with Crippen molar-refractivity contribution in [3.8, 4) is 22.8 Å². The molecule has 3 N–H and O–H groups in total. The van der Waals surface area contributed by atoms with Gasteiger partial charge in [-0.2, -0.15) is 0 Å². The molecule has 170 valence electrons. The number of halogens is 1. The summed E-state index contributed by atoms with van der Waals surface area (Å²) in [7, 11) is 3.21. The molecule has 0 radical (unpaired) electrons. The Morgan fingerprint density at radius 2 is 1.91 bits per heavy atom. The summed E-state index contributed by atoms with van der Waals surface area (Å²) in [5.74, 6) is 2.39. The molecule has 0 unspecified atom stereocenters. The van der Waals surface area contributed by atoms with E-state index in [1.54, 1.807) is 26.5 Å². The van der Waals surface area contributed by atoms with Crippen molar-refractivity contribution < 1.29 is 14.2 Å². The zero-order valence-corrected chi connectivity index (χ0v) is 19.3. The zero-order valence-electron chi connectivity index (χ0n) is 18.6. The fourth-order valence-corrected chi connectivity index (χ4v) is 4.32. The summed E-state index contributed by atoms with van der Waals surface area (Å²) in [5, 5.41) is 5.79. The smallest absolute Gasteiger partial charge is 0.141 e. The van der Waals surface area contributed by atoms with Gasteiger partial charge in [0.25, 0.3) is 0 Å². The van der Waals surface area contributed by atoms with E-state index in [0.717, 1.165) is 67.1 Å². The molecule has 2 aromatic heterocycles. The number of anilines is 2. The second kappa shape index (κ2) is 9.77. The number of ether oxygens (including phenoxy) is 3. The molecule has 0 atom stereocenters. The van der Waals surface area contributed by atoms with Crippen LogP contribution < -0.4 is 20.5 Å². The number of benzene rings is 1. The van der Waals surface area contributed by atoms with Gasteiger partial charge in [-0.3, -0.25) is 4.90 Å². The minimum atomic E-state index is 0.445. The number of aromatic nitrogens is 2. The van der Waals surface area contributed by atoms with Crippen LogP contribution in [0.25, 0.3) is 22.0 Å². The number of pyridine rings is 2. The number of morpholine rings is 1. The first-order chi connectivity index (χ1) is 15.5. The number of hydrogen-bond donors (Lipinski definition) is 2. The number of methoxy groups -OCH3 is 2. The second-order valence-electron chi connectivity index (χ2n) is 7.66.